The number of nitrogens with one attached hydrogen (secondary N) is 1. The van der Waals surface area contributed by atoms with Gasteiger partial charge in [0.2, 0.25) is 0 Å². The maximum absolute atomic E-state index is 12.1. The van der Waals surface area contributed by atoms with Crippen LogP contribution in [0.5, 0.6) is 0 Å². The fourth-order valence-electron chi connectivity index (χ4n) is 2.89. The molecule has 0 saturated carbocycles. The zero-order valence-electron chi connectivity index (χ0n) is 11.8. The lowest BCUT2D eigenvalue weighted by molar-refractivity contribution is -0.116. The fraction of sp³-hybridized carbons (Fsp3) is 0.278. The van der Waals surface area contributed by atoms with Crippen molar-refractivity contribution in [3.05, 3.63) is 53.7 Å². The first-order chi connectivity index (χ1) is 9.79. The Morgan fingerprint density at radius 2 is 1.85 bits per heavy atom. The minimum Gasteiger partial charge on any atom is -0.382 e. The summed E-state index contributed by atoms with van der Waals surface area (Å²) < 4.78 is 0. The minimum atomic E-state index is 0.251. The number of carbonyl (C=O) groups excluding carboxylic acids is 1. The molecule has 0 bridgehead atoms. The molecule has 1 aliphatic rings. The summed E-state index contributed by atoms with van der Waals surface area (Å²) in [7, 11) is 0. The van der Waals surface area contributed by atoms with Crippen LogP contribution >= 0.6 is 0 Å². The normalized spacial score (nSPS) is 15.8. The van der Waals surface area contributed by atoms with Crippen LogP contribution in [0.25, 0.3) is 16.3 Å². The predicted octanol–water partition coefficient (Wildman–Crippen LogP) is 3.91. The number of rotatable bonds is 3. The van der Waals surface area contributed by atoms with Crippen LogP contribution in [-0.4, -0.2) is 12.3 Å². The van der Waals surface area contributed by atoms with Gasteiger partial charge in [0.1, 0.15) is 0 Å². The number of benzene rings is 2. The van der Waals surface area contributed by atoms with Crippen molar-refractivity contribution in [3.8, 4) is 0 Å². The molecule has 0 fully saturated rings. The first-order valence-corrected chi connectivity index (χ1v) is 7.29. The second-order valence-electron chi connectivity index (χ2n) is 5.22. The fourth-order valence-corrected chi connectivity index (χ4v) is 2.89. The molecular weight excluding hydrogens is 246 g/mol. The second kappa shape index (κ2) is 5.49. The van der Waals surface area contributed by atoms with Gasteiger partial charge in [-0.25, -0.2) is 0 Å². The first-order valence-electron chi connectivity index (χ1n) is 7.29. The molecule has 1 aliphatic carbocycles. The summed E-state index contributed by atoms with van der Waals surface area (Å²) in [5, 5.41) is 5.73. The highest BCUT2D eigenvalue weighted by Gasteiger charge is 2.21. The summed E-state index contributed by atoms with van der Waals surface area (Å²) in [5.41, 5.74) is 3.18. The van der Waals surface area contributed by atoms with E-state index < -0.39 is 0 Å². The summed E-state index contributed by atoms with van der Waals surface area (Å²) >= 11 is 0. The molecule has 0 heterocycles. The van der Waals surface area contributed by atoms with E-state index in [0.29, 0.717) is 6.42 Å². The third-order valence-electron chi connectivity index (χ3n) is 3.86. The summed E-state index contributed by atoms with van der Waals surface area (Å²) in [5.74, 6) is 0.251. The maximum atomic E-state index is 12.1. The summed E-state index contributed by atoms with van der Waals surface area (Å²) in [6, 6.07) is 14.8. The Bertz CT molecular complexity index is 685. The molecule has 2 aromatic rings. The summed E-state index contributed by atoms with van der Waals surface area (Å²) in [6.45, 7) is 2.82. The highest BCUT2D eigenvalue weighted by molar-refractivity contribution is 6.04. The number of ketones is 1. The number of carbonyl (C=O) groups is 1. The van der Waals surface area contributed by atoms with Crippen molar-refractivity contribution in [3.63, 3.8) is 0 Å². The topological polar surface area (TPSA) is 29.1 Å². The lowest BCUT2D eigenvalue weighted by atomic mass is 9.89. The van der Waals surface area contributed by atoms with Gasteiger partial charge in [-0.1, -0.05) is 36.4 Å². The molecule has 0 amide bonds. The van der Waals surface area contributed by atoms with Crippen molar-refractivity contribution in [2.75, 3.05) is 6.54 Å². The monoisotopic (exact) mass is 265 g/mol. The predicted molar refractivity (Wildman–Crippen MR) is 83.4 cm³/mol. The molecular formula is C18H19NO. The van der Waals surface area contributed by atoms with Crippen molar-refractivity contribution < 1.29 is 4.79 Å². The SMILES string of the molecule is CCNC1=C(c2ccc3ccccc3c2)CCCC1=O. The van der Waals surface area contributed by atoms with E-state index in [1.54, 1.807) is 0 Å². The van der Waals surface area contributed by atoms with Crippen LogP contribution < -0.4 is 5.32 Å². The Labute approximate surface area is 119 Å². The second-order valence-corrected chi connectivity index (χ2v) is 5.22. The Hall–Kier alpha value is -2.09. The zero-order valence-corrected chi connectivity index (χ0v) is 11.8. The average Bonchev–Trinajstić information content (AvgIpc) is 2.49. The van der Waals surface area contributed by atoms with E-state index >= 15 is 0 Å². The summed E-state index contributed by atoms with van der Waals surface area (Å²) in [6.07, 6.45) is 2.60. The first kappa shape index (κ1) is 12.9. The lowest BCUT2D eigenvalue weighted by Crippen LogP contribution is -2.24. The van der Waals surface area contributed by atoms with Crippen LogP contribution in [-0.2, 0) is 4.79 Å². The number of Topliss-reactive ketones (excluding diaryl/α,β-unsaturated/α-hetero) is 1. The van der Waals surface area contributed by atoms with E-state index in [4.69, 9.17) is 0 Å². The van der Waals surface area contributed by atoms with E-state index in [9.17, 15) is 4.79 Å². The molecule has 0 aromatic heterocycles. The standard InChI is InChI=1S/C18H19NO/c1-2-19-18-16(8-5-9-17(18)20)15-11-10-13-6-3-4-7-14(13)12-15/h3-4,6-7,10-12,19H,2,5,8-9H2,1H3. The van der Waals surface area contributed by atoms with E-state index in [0.717, 1.165) is 25.1 Å². The van der Waals surface area contributed by atoms with Crippen molar-refractivity contribution in [2.24, 2.45) is 0 Å². The van der Waals surface area contributed by atoms with Crippen LogP contribution in [0.3, 0.4) is 0 Å². The highest BCUT2D eigenvalue weighted by Crippen LogP contribution is 2.31. The van der Waals surface area contributed by atoms with Crippen molar-refractivity contribution in [2.45, 2.75) is 26.2 Å². The van der Waals surface area contributed by atoms with Gasteiger partial charge in [-0.15, -0.1) is 0 Å². The van der Waals surface area contributed by atoms with Crippen LogP contribution in [0.1, 0.15) is 31.7 Å². The van der Waals surface area contributed by atoms with E-state index in [-0.39, 0.29) is 5.78 Å². The van der Waals surface area contributed by atoms with Gasteiger partial charge < -0.3 is 5.32 Å². The molecule has 1 N–H and O–H groups in total. The van der Waals surface area contributed by atoms with E-state index in [1.165, 1.54) is 21.9 Å². The van der Waals surface area contributed by atoms with Gasteiger partial charge in [0, 0.05) is 13.0 Å². The Morgan fingerprint density at radius 1 is 1.05 bits per heavy atom. The minimum absolute atomic E-state index is 0.251. The van der Waals surface area contributed by atoms with Gasteiger partial charge >= 0.3 is 0 Å². The lowest BCUT2D eigenvalue weighted by Gasteiger charge is -2.20. The molecule has 2 nitrogen and oxygen atoms in total. The quantitative estimate of drug-likeness (QED) is 0.911. The third-order valence-corrected chi connectivity index (χ3v) is 3.86. The molecule has 0 radical (unpaired) electrons. The third kappa shape index (κ3) is 2.34. The molecule has 2 heteroatoms. The number of hydrogen-bond donors (Lipinski definition) is 1. The molecule has 0 aliphatic heterocycles. The van der Waals surface area contributed by atoms with Gasteiger partial charge in [0.05, 0.1) is 5.70 Å². The Balaban J connectivity index is 2.11. The highest BCUT2D eigenvalue weighted by atomic mass is 16.1. The van der Waals surface area contributed by atoms with Crippen LogP contribution in [0.4, 0.5) is 0 Å². The van der Waals surface area contributed by atoms with E-state index in [2.05, 4.69) is 47.8 Å². The van der Waals surface area contributed by atoms with E-state index in [1.807, 2.05) is 6.92 Å². The molecule has 102 valence electrons. The smallest absolute Gasteiger partial charge is 0.178 e. The van der Waals surface area contributed by atoms with Gasteiger partial charge in [-0.2, -0.15) is 0 Å². The maximum Gasteiger partial charge on any atom is 0.178 e. The molecule has 0 unspecified atom stereocenters. The Kier molecular flexibility index (Phi) is 3.55. The van der Waals surface area contributed by atoms with Crippen LogP contribution in [0.2, 0.25) is 0 Å². The summed E-state index contributed by atoms with van der Waals surface area (Å²) in [4.78, 5) is 12.1. The van der Waals surface area contributed by atoms with Gasteiger partial charge in [-0.05, 0) is 47.7 Å². The molecule has 2 aromatic carbocycles. The number of allylic oxidation sites excluding steroid dienone is 2. The van der Waals surface area contributed by atoms with Crippen LogP contribution in [0, 0.1) is 0 Å². The van der Waals surface area contributed by atoms with Gasteiger partial charge in [-0.3, -0.25) is 4.79 Å². The zero-order chi connectivity index (χ0) is 13.9. The molecule has 3 rings (SSSR count). The molecule has 0 atom stereocenters. The Morgan fingerprint density at radius 3 is 2.65 bits per heavy atom. The van der Waals surface area contributed by atoms with Crippen molar-refractivity contribution in [1.82, 2.24) is 5.32 Å². The molecule has 0 spiro atoms. The average molecular weight is 265 g/mol. The molecule has 0 saturated heterocycles. The largest absolute Gasteiger partial charge is 0.382 e. The van der Waals surface area contributed by atoms with Crippen molar-refractivity contribution in [1.29, 1.82) is 0 Å². The van der Waals surface area contributed by atoms with Gasteiger partial charge in [0.15, 0.2) is 5.78 Å². The van der Waals surface area contributed by atoms with Crippen molar-refractivity contribution >= 4 is 22.1 Å². The van der Waals surface area contributed by atoms with Gasteiger partial charge in [0.25, 0.3) is 0 Å². The number of fused-ring (bicyclic) bond motifs is 1. The number of hydrogen-bond acceptors (Lipinski definition) is 2. The molecule has 20 heavy (non-hydrogen) atoms. The van der Waals surface area contributed by atoms with Crippen LogP contribution in [0.15, 0.2) is 48.2 Å². The number of likely N-dealkylation sites (N-methyl/N-ethyl adjacent to an activating group) is 1.